The summed E-state index contributed by atoms with van der Waals surface area (Å²) in [6.45, 7) is 0. The summed E-state index contributed by atoms with van der Waals surface area (Å²) in [5.41, 5.74) is -3.41. The highest BCUT2D eigenvalue weighted by molar-refractivity contribution is 5.99. The van der Waals surface area contributed by atoms with Crippen molar-refractivity contribution in [2.75, 3.05) is 14.2 Å². The van der Waals surface area contributed by atoms with E-state index in [-0.39, 0.29) is 6.42 Å². The molecular formula is C9H8N2O4. The summed E-state index contributed by atoms with van der Waals surface area (Å²) in [7, 11) is 2.19. The van der Waals surface area contributed by atoms with Crippen LogP contribution in [0.3, 0.4) is 0 Å². The first-order chi connectivity index (χ1) is 7.04. The number of carbonyl (C=O) groups excluding carboxylic acids is 2. The van der Waals surface area contributed by atoms with E-state index < -0.39 is 22.8 Å². The Morgan fingerprint density at radius 1 is 1.07 bits per heavy atom. The zero-order valence-electron chi connectivity index (χ0n) is 8.23. The molecule has 0 bridgehead atoms. The third-order valence-corrected chi connectivity index (χ3v) is 2.58. The average Bonchev–Trinajstić information content (AvgIpc) is 2.98. The molecule has 1 rings (SSSR count). The van der Waals surface area contributed by atoms with Gasteiger partial charge in [0, 0.05) is 6.42 Å². The quantitative estimate of drug-likeness (QED) is 0.580. The number of rotatable bonds is 2. The van der Waals surface area contributed by atoms with Crippen molar-refractivity contribution in [1.82, 2.24) is 0 Å². The predicted molar refractivity (Wildman–Crippen MR) is 44.7 cm³/mol. The molecule has 6 heteroatoms. The van der Waals surface area contributed by atoms with Crippen LogP contribution in [-0.2, 0) is 19.1 Å². The van der Waals surface area contributed by atoms with Crippen LogP contribution in [0.15, 0.2) is 0 Å². The summed E-state index contributed by atoms with van der Waals surface area (Å²) in [4.78, 5) is 22.6. The van der Waals surface area contributed by atoms with Gasteiger partial charge >= 0.3 is 11.9 Å². The van der Waals surface area contributed by atoms with E-state index in [0.717, 1.165) is 14.2 Å². The normalized spacial score (nSPS) is 32.0. The standard InChI is InChI=1S/C9H8N2O4/c1-14-6(12)8(4-10)3-9(8,5-11)7(13)15-2/h3H2,1-2H3. The highest BCUT2D eigenvalue weighted by atomic mass is 16.5. The second kappa shape index (κ2) is 3.25. The molecule has 0 N–H and O–H groups in total. The topological polar surface area (TPSA) is 100 Å². The lowest BCUT2D eigenvalue weighted by Crippen LogP contribution is -2.29. The molecule has 2 atom stereocenters. The molecule has 0 saturated heterocycles. The monoisotopic (exact) mass is 208 g/mol. The zero-order chi connectivity index (χ0) is 11.7. The molecule has 0 radical (unpaired) electrons. The first kappa shape index (κ1) is 11.0. The highest BCUT2D eigenvalue weighted by Gasteiger charge is 2.80. The lowest BCUT2D eigenvalue weighted by molar-refractivity contribution is -0.153. The Labute approximate surface area is 86.0 Å². The van der Waals surface area contributed by atoms with E-state index in [0.29, 0.717) is 0 Å². The predicted octanol–water partition coefficient (Wildman–Crippen LogP) is -0.244. The van der Waals surface area contributed by atoms with E-state index in [1.807, 2.05) is 0 Å². The molecule has 1 aliphatic carbocycles. The molecule has 0 amide bonds. The third kappa shape index (κ3) is 1.08. The Morgan fingerprint density at radius 3 is 1.60 bits per heavy atom. The van der Waals surface area contributed by atoms with Crippen LogP contribution in [0.1, 0.15) is 6.42 Å². The van der Waals surface area contributed by atoms with Crippen molar-refractivity contribution in [2.24, 2.45) is 10.8 Å². The molecule has 6 nitrogen and oxygen atoms in total. The van der Waals surface area contributed by atoms with Gasteiger partial charge in [0.25, 0.3) is 0 Å². The van der Waals surface area contributed by atoms with Crippen LogP contribution in [0.5, 0.6) is 0 Å². The van der Waals surface area contributed by atoms with Crippen molar-refractivity contribution in [1.29, 1.82) is 10.5 Å². The smallest absolute Gasteiger partial charge is 0.328 e. The highest BCUT2D eigenvalue weighted by Crippen LogP contribution is 2.64. The Bertz CT molecular complexity index is 367. The number of nitriles is 2. The Hall–Kier alpha value is -2.08. The fraction of sp³-hybridized carbons (Fsp3) is 0.556. The van der Waals surface area contributed by atoms with Crippen molar-refractivity contribution in [3.63, 3.8) is 0 Å². The molecule has 0 aromatic heterocycles. The largest absolute Gasteiger partial charge is 0.468 e. The number of esters is 2. The van der Waals surface area contributed by atoms with Gasteiger partial charge in [0.15, 0.2) is 10.8 Å². The number of ether oxygens (including phenoxy) is 2. The lowest BCUT2D eigenvalue weighted by Gasteiger charge is -2.09. The molecule has 0 spiro atoms. The van der Waals surface area contributed by atoms with Crippen molar-refractivity contribution in [3.05, 3.63) is 0 Å². The molecule has 15 heavy (non-hydrogen) atoms. The molecule has 1 aliphatic rings. The number of hydrogen-bond acceptors (Lipinski definition) is 6. The Balaban J connectivity index is 3.14. The Morgan fingerprint density at radius 2 is 1.40 bits per heavy atom. The fourth-order valence-electron chi connectivity index (χ4n) is 1.56. The summed E-state index contributed by atoms with van der Waals surface area (Å²) < 4.78 is 8.80. The van der Waals surface area contributed by atoms with Gasteiger partial charge in [0.05, 0.1) is 26.4 Å². The van der Waals surface area contributed by atoms with E-state index in [1.165, 1.54) is 0 Å². The van der Waals surface area contributed by atoms with E-state index in [2.05, 4.69) is 9.47 Å². The van der Waals surface area contributed by atoms with E-state index in [4.69, 9.17) is 10.5 Å². The minimum Gasteiger partial charge on any atom is -0.468 e. The van der Waals surface area contributed by atoms with E-state index in [9.17, 15) is 9.59 Å². The van der Waals surface area contributed by atoms with Gasteiger partial charge in [0.2, 0.25) is 0 Å². The van der Waals surface area contributed by atoms with Gasteiger partial charge in [-0.2, -0.15) is 10.5 Å². The SMILES string of the molecule is COC(=O)C1(C#N)CC1(C#N)C(=O)OC. The maximum atomic E-state index is 11.3. The first-order valence-corrected chi connectivity index (χ1v) is 4.04. The van der Waals surface area contributed by atoms with Gasteiger partial charge in [-0.1, -0.05) is 0 Å². The van der Waals surface area contributed by atoms with Gasteiger partial charge in [0.1, 0.15) is 0 Å². The Kier molecular flexibility index (Phi) is 2.38. The van der Waals surface area contributed by atoms with Gasteiger partial charge in [-0.15, -0.1) is 0 Å². The summed E-state index contributed by atoms with van der Waals surface area (Å²) in [5.74, 6) is -1.76. The van der Waals surface area contributed by atoms with Crippen LogP contribution < -0.4 is 0 Å². The summed E-state index contributed by atoms with van der Waals surface area (Å²) in [5, 5.41) is 17.7. The van der Waals surface area contributed by atoms with Crippen LogP contribution >= 0.6 is 0 Å². The van der Waals surface area contributed by atoms with Crippen LogP contribution in [0.2, 0.25) is 0 Å². The number of methoxy groups -OCH3 is 2. The first-order valence-electron chi connectivity index (χ1n) is 4.04. The molecular weight excluding hydrogens is 200 g/mol. The minimum absolute atomic E-state index is 0.174. The maximum Gasteiger partial charge on any atom is 0.328 e. The van der Waals surface area contributed by atoms with Gasteiger partial charge in [-0.3, -0.25) is 9.59 Å². The molecule has 0 aliphatic heterocycles. The summed E-state index contributed by atoms with van der Waals surface area (Å²) >= 11 is 0. The number of carbonyl (C=O) groups is 2. The summed E-state index contributed by atoms with van der Waals surface area (Å²) in [6.07, 6.45) is -0.174. The molecule has 0 heterocycles. The van der Waals surface area contributed by atoms with Crippen molar-refractivity contribution in [3.8, 4) is 12.1 Å². The third-order valence-electron chi connectivity index (χ3n) is 2.58. The number of nitrogens with zero attached hydrogens (tertiary/aromatic N) is 2. The molecule has 1 saturated carbocycles. The minimum atomic E-state index is -1.70. The van der Waals surface area contributed by atoms with Crippen LogP contribution in [0.4, 0.5) is 0 Å². The molecule has 0 aromatic carbocycles. The second-order valence-electron chi connectivity index (χ2n) is 3.19. The average molecular weight is 208 g/mol. The van der Waals surface area contributed by atoms with Crippen molar-refractivity contribution < 1.29 is 19.1 Å². The van der Waals surface area contributed by atoms with Gasteiger partial charge in [-0.05, 0) is 0 Å². The fourth-order valence-corrected chi connectivity index (χ4v) is 1.56. The maximum absolute atomic E-state index is 11.3. The second-order valence-corrected chi connectivity index (χ2v) is 3.19. The number of hydrogen-bond donors (Lipinski definition) is 0. The van der Waals surface area contributed by atoms with Crippen LogP contribution in [-0.4, -0.2) is 26.2 Å². The lowest BCUT2D eigenvalue weighted by atomic mass is 9.95. The molecule has 1 fully saturated rings. The van der Waals surface area contributed by atoms with Crippen molar-refractivity contribution >= 4 is 11.9 Å². The van der Waals surface area contributed by atoms with Crippen LogP contribution in [0.25, 0.3) is 0 Å². The van der Waals surface area contributed by atoms with Gasteiger partial charge in [-0.25, -0.2) is 0 Å². The summed E-state index contributed by atoms with van der Waals surface area (Å²) in [6, 6.07) is 3.32. The molecule has 78 valence electrons. The van der Waals surface area contributed by atoms with E-state index in [1.54, 1.807) is 12.1 Å². The molecule has 0 aromatic rings. The van der Waals surface area contributed by atoms with Gasteiger partial charge < -0.3 is 9.47 Å². The van der Waals surface area contributed by atoms with Crippen molar-refractivity contribution in [2.45, 2.75) is 6.42 Å². The zero-order valence-corrected chi connectivity index (χ0v) is 8.23. The van der Waals surface area contributed by atoms with Crippen LogP contribution in [0, 0.1) is 33.5 Å². The van der Waals surface area contributed by atoms with E-state index >= 15 is 0 Å². The molecule has 2 unspecified atom stereocenters.